The molecule has 2 N–H and O–H groups in total. The maximum atomic E-state index is 13.5. The molecule has 36 heavy (non-hydrogen) atoms. The Balaban J connectivity index is 1.46. The molecule has 3 atom stereocenters. The first-order valence-corrected chi connectivity index (χ1v) is 13.9. The number of nitrogens with one attached hydrogen (secondary N) is 1. The summed E-state index contributed by atoms with van der Waals surface area (Å²) >= 11 is 0. The second kappa shape index (κ2) is 17.5. The number of aliphatic hydroxyl groups excluding tert-OH is 1. The molecule has 1 aliphatic rings. The molecule has 0 radical (unpaired) electrons. The van der Waals surface area contributed by atoms with E-state index in [9.17, 15) is 23.9 Å². The van der Waals surface area contributed by atoms with E-state index >= 15 is 0 Å². The molecule has 9 heteroatoms. The molecule has 1 aliphatic heterocycles. The van der Waals surface area contributed by atoms with Gasteiger partial charge in [0.1, 0.15) is 18.9 Å². The van der Waals surface area contributed by atoms with E-state index in [-0.39, 0.29) is 19.0 Å². The fourth-order valence-corrected chi connectivity index (χ4v) is 4.60. The molecule has 0 spiro atoms. The fraction of sp³-hybridized carbons (Fsp3) is 0.815. The Hall–Kier alpha value is -2.00. The van der Waals surface area contributed by atoms with E-state index in [1.54, 1.807) is 0 Å². The van der Waals surface area contributed by atoms with Gasteiger partial charge in [-0.25, -0.2) is 4.79 Å². The van der Waals surface area contributed by atoms with Crippen molar-refractivity contribution in [3.05, 3.63) is 32.9 Å². The molecule has 206 valence electrons. The zero-order valence-electron chi connectivity index (χ0n) is 21.9. The average molecular weight is 513 g/mol. The lowest BCUT2D eigenvalue weighted by Crippen LogP contribution is -2.34. The van der Waals surface area contributed by atoms with Crippen LogP contribution in [0.5, 0.6) is 0 Å². The summed E-state index contributed by atoms with van der Waals surface area (Å²) in [4.78, 5) is 36.9. The molecule has 1 fully saturated rings. The quantitative estimate of drug-likeness (QED) is 0.196. The molecule has 0 saturated carbocycles. The monoisotopic (exact) mass is 512 g/mol. The fourth-order valence-electron chi connectivity index (χ4n) is 4.60. The summed E-state index contributed by atoms with van der Waals surface area (Å²) in [5.74, 6) is -1.47. The van der Waals surface area contributed by atoms with Gasteiger partial charge in [-0.05, 0) is 6.42 Å². The molecule has 0 aromatic carbocycles. The molecule has 1 aromatic heterocycles. The number of aliphatic hydroxyl groups is 1. The summed E-state index contributed by atoms with van der Waals surface area (Å²) in [7, 11) is 0. The smallest absolute Gasteiger partial charge is 0.330 e. The molecule has 8 nitrogen and oxygen atoms in total. The molecule has 2 heterocycles. The van der Waals surface area contributed by atoms with Crippen LogP contribution in [0.15, 0.2) is 15.8 Å². The first-order chi connectivity index (χ1) is 17.4. The number of nitrogens with zero attached hydrogens (tertiary/aromatic N) is 1. The summed E-state index contributed by atoms with van der Waals surface area (Å²) in [5, 5.41) is 10.2. The lowest BCUT2D eigenvalue weighted by Gasteiger charge is -2.16. The number of carbonyl (C=O) groups is 1. The average Bonchev–Trinajstić information content (AvgIpc) is 3.22. The number of halogens is 1. The molecule has 0 aliphatic carbocycles. The minimum absolute atomic E-state index is 0.0205. The first-order valence-electron chi connectivity index (χ1n) is 13.9. The van der Waals surface area contributed by atoms with Crippen LogP contribution in [0.2, 0.25) is 0 Å². The van der Waals surface area contributed by atoms with Crippen LogP contribution >= 0.6 is 0 Å². The van der Waals surface area contributed by atoms with Crippen molar-refractivity contribution in [2.24, 2.45) is 0 Å². The van der Waals surface area contributed by atoms with Gasteiger partial charge in [-0.2, -0.15) is 4.39 Å². The number of esters is 1. The molecule has 2 rings (SSSR count). The number of unbranched alkanes of at least 4 members (excludes halogenated alkanes) is 14. The molecular formula is C27H45FN2O6. The number of hydrogen-bond donors (Lipinski definition) is 2. The molecule has 0 unspecified atom stereocenters. The van der Waals surface area contributed by atoms with E-state index in [1.165, 1.54) is 77.0 Å². The molecule has 1 saturated heterocycles. The third-order valence-electron chi connectivity index (χ3n) is 6.83. The Morgan fingerprint density at radius 2 is 1.53 bits per heavy atom. The number of ether oxygens (including phenoxy) is 2. The highest BCUT2D eigenvalue weighted by atomic mass is 19.1. The predicted octanol–water partition coefficient (Wildman–Crippen LogP) is 5.13. The highest BCUT2D eigenvalue weighted by molar-refractivity contribution is 5.69. The Labute approximate surface area is 213 Å². The topological polar surface area (TPSA) is 111 Å². The third-order valence-corrected chi connectivity index (χ3v) is 6.83. The van der Waals surface area contributed by atoms with Gasteiger partial charge in [-0.3, -0.25) is 19.1 Å². The van der Waals surface area contributed by atoms with Crippen LogP contribution in [0.4, 0.5) is 4.39 Å². The summed E-state index contributed by atoms with van der Waals surface area (Å²) in [6.45, 7) is 2.11. The molecule has 1 aromatic rings. The van der Waals surface area contributed by atoms with Gasteiger partial charge >= 0.3 is 11.7 Å². The van der Waals surface area contributed by atoms with Crippen molar-refractivity contribution >= 4 is 5.97 Å². The molecular weight excluding hydrogens is 467 g/mol. The van der Waals surface area contributed by atoms with Crippen molar-refractivity contribution in [2.75, 3.05) is 6.61 Å². The van der Waals surface area contributed by atoms with Gasteiger partial charge in [-0.1, -0.05) is 96.8 Å². The first kappa shape index (κ1) is 30.2. The largest absolute Gasteiger partial charge is 0.463 e. The Morgan fingerprint density at radius 3 is 2.08 bits per heavy atom. The predicted molar refractivity (Wildman–Crippen MR) is 136 cm³/mol. The van der Waals surface area contributed by atoms with Crippen molar-refractivity contribution in [1.82, 2.24) is 9.55 Å². The Kier molecular flexibility index (Phi) is 14.7. The van der Waals surface area contributed by atoms with Gasteiger partial charge in [0.15, 0.2) is 0 Å². The zero-order chi connectivity index (χ0) is 26.2. The van der Waals surface area contributed by atoms with E-state index in [4.69, 9.17) is 9.47 Å². The second-order valence-electron chi connectivity index (χ2n) is 9.96. The second-order valence-corrected chi connectivity index (χ2v) is 9.96. The van der Waals surface area contributed by atoms with E-state index in [1.807, 2.05) is 4.98 Å². The standard InChI is InChI=1S/C27H45FN2O6/c1-2-3-4-5-6-7-8-9-10-11-12-13-14-15-16-17-25(32)35-20-23-22(31)18-24(36-23)30-19-21(28)26(33)29-27(30)34/h19,22-24,31H,2-18,20H2,1H3,(H,29,33,34)/t22-,23+,24+/m0/s1. The summed E-state index contributed by atoms with van der Waals surface area (Å²) in [6.07, 6.45) is 17.2. The van der Waals surface area contributed by atoms with Gasteiger partial charge in [0, 0.05) is 12.8 Å². The van der Waals surface area contributed by atoms with Crippen LogP contribution in [-0.2, 0) is 14.3 Å². The molecule has 0 amide bonds. The normalized spacial score (nSPS) is 19.6. The van der Waals surface area contributed by atoms with Crippen molar-refractivity contribution < 1.29 is 23.8 Å². The number of hydrogen-bond acceptors (Lipinski definition) is 6. The Morgan fingerprint density at radius 1 is 1.00 bits per heavy atom. The van der Waals surface area contributed by atoms with Crippen LogP contribution in [0, 0.1) is 5.82 Å². The summed E-state index contributed by atoms with van der Waals surface area (Å²) in [6, 6.07) is 0. The van der Waals surface area contributed by atoms with E-state index in [2.05, 4.69) is 6.92 Å². The Bertz CT molecular complexity index is 871. The van der Waals surface area contributed by atoms with Gasteiger partial charge < -0.3 is 14.6 Å². The van der Waals surface area contributed by atoms with Crippen molar-refractivity contribution in [2.45, 2.75) is 135 Å². The van der Waals surface area contributed by atoms with Crippen LogP contribution in [-0.4, -0.2) is 39.4 Å². The van der Waals surface area contributed by atoms with Gasteiger partial charge in [0.05, 0.1) is 12.3 Å². The lowest BCUT2D eigenvalue weighted by molar-refractivity contribution is -0.150. The van der Waals surface area contributed by atoms with Crippen molar-refractivity contribution in [3.8, 4) is 0 Å². The SMILES string of the molecule is CCCCCCCCCCCCCCCCCC(=O)OC[C@H]1O[C@@H](n2cc(F)c(=O)[nH]c2=O)C[C@@H]1O. The number of carbonyl (C=O) groups excluding carboxylic acids is 1. The highest BCUT2D eigenvalue weighted by Gasteiger charge is 2.36. The minimum Gasteiger partial charge on any atom is -0.463 e. The third kappa shape index (κ3) is 11.4. The van der Waals surface area contributed by atoms with Crippen LogP contribution in [0.3, 0.4) is 0 Å². The lowest BCUT2D eigenvalue weighted by atomic mass is 10.0. The van der Waals surface area contributed by atoms with Crippen molar-refractivity contribution in [3.63, 3.8) is 0 Å². The number of rotatable bonds is 19. The number of aromatic nitrogens is 2. The minimum atomic E-state index is -1.12. The summed E-state index contributed by atoms with van der Waals surface area (Å²) in [5.41, 5.74) is -1.94. The van der Waals surface area contributed by atoms with E-state index in [0.29, 0.717) is 6.42 Å². The van der Waals surface area contributed by atoms with Gasteiger partial charge in [-0.15, -0.1) is 0 Å². The highest BCUT2D eigenvalue weighted by Crippen LogP contribution is 2.28. The maximum absolute atomic E-state index is 13.5. The number of aromatic amines is 1. The van der Waals surface area contributed by atoms with E-state index < -0.39 is 35.5 Å². The van der Waals surface area contributed by atoms with Crippen molar-refractivity contribution in [1.29, 1.82) is 0 Å². The van der Waals surface area contributed by atoms with E-state index in [0.717, 1.165) is 30.0 Å². The van der Waals surface area contributed by atoms with Gasteiger partial charge in [0.25, 0.3) is 5.56 Å². The van der Waals surface area contributed by atoms with Crippen LogP contribution in [0.25, 0.3) is 0 Å². The van der Waals surface area contributed by atoms with Crippen LogP contribution < -0.4 is 11.2 Å². The maximum Gasteiger partial charge on any atom is 0.330 e. The zero-order valence-corrected chi connectivity index (χ0v) is 21.9. The van der Waals surface area contributed by atoms with Gasteiger partial charge in [0.2, 0.25) is 5.82 Å². The van der Waals surface area contributed by atoms with Crippen LogP contribution in [0.1, 0.15) is 122 Å². The summed E-state index contributed by atoms with van der Waals surface area (Å²) < 4.78 is 25.2. The molecule has 0 bridgehead atoms. The number of H-pyrrole nitrogens is 1.